The van der Waals surface area contributed by atoms with Crippen LogP contribution >= 0.6 is 0 Å². The predicted molar refractivity (Wildman–Crippen MR) is 108 cm³/mol. The minimum Gasteiger partial charge on any atom is -0.457 e. The summed E-state index contributed by atoms with van der Waals surface area (Å²) in [6.45, 7) is 4.06. The highest BCUT2D eigenvalue weighted by Gasteiger charge is 2.27. The van der Waals surface area contributed by atoms with Crippen molar-refractivity contribution in [3.05, 3.63) is 69.8 Å². The Labute approximate surface area is 178 Å². The standard InChI is InChI=1S/C22H20N6O3/c1-13-16(2-3-17-18(13)12-31-21(17)30)20(29)11-27-5-4-19-15(10-27)8-24-22(26-19)28-9-14(6-23)7-25-28/h2-3,7-9,20,29H,4-5,10-12H2,1H3. The number of nitrogens with zero attached hydrogens (tertiary/aromatic N) is 6. The van der Waals surface area contributed by atoms with Crippen LogP contribution in [0.2, 0.25) is 0 Å². The first kappa shape index (κ1) is 19.4. The van der Waals surface area contributed by atoms with E-state index >= 15 is 0 Å². The van der Waals surface area contributed by atoms with Crippen LogP contribution in [0.5, 0.6) is 0 Å². The van der Waals surface area contributed by atoms with Crippen LogP contribution in [0.4, 0.5) is 0 Å². The van der Waals surface area contributed by atoms with Crippen LogP contribution in [0.3, 0.4) is 0 Å². The lowest BCUT2D eigenvalue weighted by atomic mass is 9.95. The Kier molecular flexibility index (Phi) is 4.73. The molecule has 0 amide bonds. The molecule has 9 nitrogen and oxygen atoms in total. The second-order valence-electron chi connectivity index (χ2n) is 7.81. The van der Waals surface area contributed by atoms with E-state index in [0.29, 0.717) is 30.2 Å². The highest BCUT2D eigenvalue weighted by Crippen LogP contribution is 2.30. The summed E-state index contributed by atoms with van der Waals surface area (Å²) in [6.07, 6.45) is 4.93. The van der Waals surface area contributed by atoms with Gasteiger partial charge in [-0.25, -0.2) is 19.4 Å². The number of aromatic nitrogens is 4. The SMILES string of the molecule is Cc1c(C(O)CN2CCc3nc(-n4cc(C#N)cn4)ncc3C2)ccc2c1COC2=O. The molecule has 0 spiro atoms. The van der Waals surface area contributed by atoms with E-state index in [0.717, 1.165) is 40.9 Å². The molecular weight excluding hydrogens is 396 g/mol. The summed E-state index contributed by atoms with van der Waals surface area (Å²) in [4.78, 5) is 22.9. The van der Waals surface area contributed by atoms with Gasteiger partial charge in [-0.15, -0.1) is 0 Å². The number of carbonyl (C=O) groups is 1. The smallest absolute Gasteiger partial charge is 0.338 e. The lowest BCUT2D eigenvalue weighted by Gasteiger charge is -2.30. The molecule has 5 rings (SSSR count). The van der Waals surface area contributed by atoms with Crippen molar-refractivity contribution in [1.29, 1.82) is 5.26 Å². The van der Waals surface area contributed by atoms with Crippen molar-refractivity contribution in [2.24, 2.45) is 0 Å². The summed E-state index contributed by atoms with van der Waals surface area (Å²) in [5, 5.41) is 24.0. The molecule has 3 aromatic rings. The van der Waals surface area contributed by atoms with Gasteiger partial charge in [0.1, 0.15) is 12.7 Å². The number of ether oxygens (including phenoxy) is 1. The number of aliphatic hydroxyl groups excluding tert-OH is 1. The number of β-amino-alcohol motifs (C(OH)–C–C–N with tert-alkyl or cyclic N) is 1. The van der Waals surface area contributed by atoms with E-state index in [9.17, 15) is 9.90 Å². The lowest BCUT2D eigenvalue weighted by Crippen LogP contribution is -2.35. The van der Waals surface area contributed by atoms with Crippen LogP contribution < -0.4 is 0 Å². The van der Waals surface area contributed by atoms with Crippen molar-refractivity contribution in [3.8, 4) is 12.0 Å². The number of fused-ring (bicyclic) bond motifs is 2. The fraction of sp³-hybridized carbons (Fsp3) is 0.318. The van der Waals surface area contributed by atoms with E-state index in [2.05, 4.69) is 20.0 Å². The molecule has 1 N–H and O–H groups in total. The molecule has 0 fully saturated rings. The number of rotatable bonds is 4. The molecule has 1 aromatic carbocycles. The van der Waals surface area contributed by atoms with Gasteiger partial charge in [0.05, 0.1) is 35.3 Å². The van der Waals surface area contributed by atoms with E-state index in [1.807, 2.05) is 19.1 Å². The number of nitriles is 1. The maximum atomic E-state index is 11.7. The van der Waals surface area contributed by atoms with Gasteiger partial charge < -0.3 is 9.84 Å². The highest BCUT2D eigenvalue weighted by molar-refractivity contribution is 5.93. The molecule has 2 aliphatic rings. The average molecular weight is 416 g/mol. The summed E-state index contributed by atoms with van der Waals surface area (Å²) in [7, 11) is 0. The molecule has 2 aromatic heterocycles. The van der Waals surface area contributed by atoms with Crippen molar-refractivity contribution in [3.63, 3.8) is 0 Å². The molecule has 31 heavy (non-hydrogen) atoms. The number of esters is 1. The quantitative estimate of drug-likeness (QED) is 0.638. The third-order valence-electron chi connectivity index (χ3n) is 5.91. The van der Waals surface area contributed by atoms with Gasteiger partial charge >= 0.3 is 5.97 Å². The number of cyclic esters (lactones) is 1. The van der Waals surface area contributed by atoms with E-state index in [1.165, 1.54) is 10.9 Å². The summed E-state index contributed by atoms with van der Waals surface area (Å²) in [6, 6.07) is 5.60. The fourth-order valence-electron chi connectivity index (χ4n) is 4.19. The van der Waals surface area contributed by atoms with Crippen LogP contribution in [0.25, 0.3) is 5.95 Å². The molecule has 1 atom stereocenters. The Morgan fingerprint density at radius 3 is 3.03 bits per heavy atom. The monoisotopic (exact) mass is 416 g/mol. The highest BCUT2D eigenvalue weighted by atomic mass is 16.5. The van der Waals surface area contributed by atoms with Crippen molar-refractivity contribution in [2.45, 2.75) is 32.6 Å². The van der Waals surface area contributed by atoms with Crippen molar-refractivity contribution < 1.29 is 14.6 Å². The third kappa shape index (κ3) is 3.46. The van der Waals surface area contributed by atoms with Gasteiger partial charge in [0, 0.05) is 43.4 Å². The Bertz CT molecular complexity index is 1230. The zero-order valence-electron chi connectivity index (χ0n) is 16.9. The van der Waals surface area contributed by atoms with Gasteiger partial charge in [-0.3, -0.25) is 4.90 Å². The van der Waals surface area contributed by atoms with Crippen molar-refractivity contribution in [2.75, 3.05) is 13.1 Å². The molecule has 0 saturated heterocycles. The van der Waals surface area contributed by atoms with Crippen LogP contribution in [0, 0.1) is 18.3 Å². The molecule has 0 bridgehead atoms. The second-order valence-corrected chi connectivity index (χ2v) is 7.81. The van der Waals surface area contributed by atoms with Crippen LogP contribution in [0.1, 0.15) is 50.0 Å². The van der Waals surface area contributed by atoms with E-state index < -0.39 is 6.10 Å². The molecular formula is C22H20N6O3. The summed E-state index contributed by atoms with van der Waals surface area (Å²) >= 11 is 0. The van der Waals surface area contributed by atoms with E-state index in [1.54, 1.807) is 18.5 Å². The first-order chi connectivity index (χ1) is 15.0. The second kappa shape index (κ2) is 7.58. The normalized spacial score (nSPS) is 16.4. The third-order valence-corrected chi connectivity index (χ3v) is 5.91. The molecule has 4 heterocycles. The number of carbonyl (C=O) groups excluding carboxylic acids is 1. The van der Waals surface area contributed by atoms with Gasteiger partial charge in [0.25, 0.3) is 5.95 Å². The molecule has 0 aliphatic carbocycles. The van der Waals surface area contributed by atoms with Crippen LogP contribution in [-0.2, 0) is 24.3 Å². The lowest BCUT2D eigenvalue weighted by molar-refractivity contribution is 0.0535. The first-order valence-corrected chi connectivity index (χ1v) is 10.0. The van der Waals surface area contributed by atoms with Gasteiger partial charge in [-0.05, 0) is 24.1 Å². The summed E-state index contributed by atoms with van der Waals surface area (Å²) < 4.78 is 6.61. The summed E-state index contributed by atoms with van der Waals surface area (Å²) in [5.41, 5.74) is 5.61. The Morgan fingerprint density at radius 1 is 1.35 bits per heavy atom. The Balaban J connectivity index is 1.30. The van der Waals surface area contributed by atoms with Gasteiger partial charge in [-0.2, -0.15) is 10.4 Å². The maximum absolute atomic E-state index is 11.7. The topological polar surface area (TPSA) is 117 Å². The molecule has 2 aliphatic heterocycles. The molecule has 0 saturated carbocycles. The van der Waals surface area contributed by atoms with E-state index in [-0.39, 0.29) is 12.6 Å². The van der Waals surface area contributed by atoms with E-state index in [4.69, 9.17) is 10.00 Å². The number of hydrogen-bond acceptors (Lipinski definition) is 8. The molecule has 9 heteroatoms. The largest absolute Gasteiger partial charge is 0.457 e. The first-order valence-electron chi connectivity index (χ1n) is 10.0. The summed E-state index contributed by atoms with van der Waals surface area (Å²) in [5.74, 6) is 0.143. The zero-order valence-corrected chi connectivity index (χ0v) is 16.9. The number of benzene rings is 1. The average Bonchev–Trinajstić information content (AvgIpc) is 3.41. The van der Waals surface area contributed by atoms with Crippen molar-refractivity contribution in [1.82, 2.24) is 24.6 Å². The van der Waals surface area contributed by atoms with Gasteiger partial charge in [0.2, 0.25) is 0 Å². The van der Waals surface area contributed by atoms with Crippen LogP contribution in [-0.4, -0.2) is 48.8 Å². The van der Waals surface area contributed by atoms with Crippen molar-refractivity contribution >= 4 is 5.97 Å². The molecule has 156 valence electrons. The minimum absolute atomic E-state index is 0.267. The fourth-order valence-corrected chi connectivity index (χ4v) is 4.19. The Morgan fingerprint density at radius 2 is 2.23 bits per heavy atom. The maximum Gasteiger partial charge on any atom is 0.338 e. The minimum atomic E-state index is -0.670. The van der Waals surface area contributed by atoms with Gasteiger partial charge in [0.15, 0.2) is 0 Å². The van der Waals surface area contributed by atoms with Crippen LogP contribution in [0.15, 0.2) is 30.7 Å². The van der Waals surface area contributed by atoms with Gasteiger partial charge in [-0.1, -0.05) is 6.07 Å². The zero-order chi connectivity index (χ0) is 21.5. The molecule has 0 radical (unpaired) electrons. The predicted octanol–water partition coefficient (Wildman–Crippen LogP) is 1.60. The number of hydrogen-bond donors (Lipinski definition) is 1. The Hall–Kier alpha value is -3.61. The molecule has 1 unspecified atom stereocenters. The number of aliphatic hydroxyl groups is 1.